The predicted molar refractivity (Wildman–Crippen MR) is 111 cm³/mol. The third-order valence-corrected chi connectivity index (χ3v) is 8.28. The predicted octanol–water partition coefficient (Wildman–Crippen LogP) is 4.01. The minimum atomic E-state index is -1.25. The molecule has 0 radical (unpaired) electrons. The van der Waals surface area contributed by atoms with Gasteiger partial charge in [0, 0.05) is 0 Å². The molecule has 3 unspecified atom stereocenters. The van der Waals surface area contributed by atoms with E-state index < -0.39 is 37.1 Å². The van der Waals surface area contributed by atoms with Crippen LogP contribution in [-0.4, -0.2) is 47.5 Å². The van der Waals surface area contributed by atoms with Gasteiger partial charge in [-0.25, -0.2) is 0 Å². The van der Waals surface area contributed by atoms with Gasteiger partial charge in [-0.2, -0.15) is 0 Å². The van der Waals surface area contributed by atoms with E-state index in [1.54, 1.807) is 30.7 Å². The van der Waals surface area contributed by atoms with Gasteiger partial charge in [0.05, 0.1) is 0 Å². The van der Waals surface area contributed by atoms with Crippen LogP contribution >= 0.6 is 23.2 Å². The summed E-state index contributed by atoms with van der Waals surface area (Å²) >= 11 is 10.8. The molecule has 0 aliphatic rings. The molecular weight excluding hydrogens is 466 g/mol. The van der Waals surface area contributed by atoms with Crippen molar-refractivity contribution in [2.75, 3.05) is 0 Å². The van der Waals surface area contributed by atoms with Gasteiger partial charge in [0.2, 0.25) is 0 Å². The summed E-state index contributed by atoms with van der Waals surface area (Å²) in [4.78, 5) is 27.5. The fraction of sp³-hybridized carbons (Fsp3) is 0.421. The summed E-state index contributed by atoms with van der Waals surface area (Å²) < 4.78 is 0.602. The van der Waals surface area contributed by atoms with Crippen molar-refractivity contribution in [3.63, 3.8) is 0 Å². The Bertz CT molecular complexity index is 821. The van der Waals surface area contributed by atoms with E-state index in [1.807, 2.05) is 18.4 Å². The molecule has 1 aromatic carbocycles. The second-order valence-electron chi connectivity index (χ2n) is 7.07. The van der Waals surface area contributed by atoms with Gasteiger partial charge < -0.3 is 0 Å². The molecular formula is C19H23AsCl2N2O4. The number of carbonyl (C=O) groups is 2. The summed E-state index contributed by atoms with van der Waals surface area (Å²) in [5.41, 5.74) is 1.63. The van der Waals surface area contributed by atoms with Crippen LogP contribution in [-0.2, 0) is 22.6 Å². The van der Waals surface area contributed by atoms with Gasteiger partial charge in [-0.05, 0) is 0 Å². The number of hydrogen-bond acceptors (Lipinski definition) is 3. The van der Waals surface area contributed by atoms with Crippen molar-refractivity contribution < 1.29 is 19.8 Å². The summed E-state index contributed by atoms with van der Waals surface area (Å²) in [6.07, 6.45) is 4.02. The van der Waals surface area contributed by atoms with Crippen LogP contribution in [0.4, 0.5) is 0 Å². The van der Waals surface area contributed by atoms with Crippen molar-refractivity contribution in [1.29, 1.82) is 0 Å². The normalized spacial score (nSPS) is 13.9. The zero-order valence-electron chi connectivity index (χ0n) is 15.6. The summed E-state index contributed by atoms with van der Waals surface area (Å²) in [7, 11) is 0. The molecule has 9 heteroatoms. The van der Waals surface area contributed by atoms with Crippen molar-refractivity contribution in [3.8, 4) is 0 Å². The van der Waals surface area contributed by atoms with E-state index >= 15 is 0 Å². The molecule has 0 saturated carbocycles. The molecule has 1 aromatic heterocycles. The molecule has 0 aliphatic heterocycles. The molecule has 2 rings (SSSR count). The third kappa shape index (κ3) is 6.84. The Morgan fingerprint density at radius 2 is 1.71 bits per heavy atom. The zero-order chi connectivity index (χ0) is 20.8. The van der Waals surface area contributed by atoms with Gasteiger partial charge in [0.15, 0.2) is 0 Å². The molecule has 1 heterocycles. The number of benzene rings is 1. The third-order valence-electron chi connectivity index (χ3n) is 4.19. The topological polar surface area (TPSA) is 92.4 Å². The number of carboxylic acid groups (broad SMARTS) is 2. The summed E-state index contributed by atoms with van der Waals surface area (Å²) in [6.45, 7) is 4.35. The Morgan fingerprint density at radius 3 is 2.25 bits per heavy atom. The number of aromatic nitrogens is 2. The number of imidazole rings is 1. The van der Waals surface area contributed by atoms with Gasteiger partial charge in [0.25, 0.3) is 0 Å². The number of carboxylic acids is 2. The van der Waals surface area contributed by atoms with Crippen LogP contribution in [0.15, 0.2) is 30.7 Å². The van der Waals surface area contributed by atoms with Crippen molar-refractivity contribution in [1.82, 2.24) is 9.55 Å². The fourth-order valence-electron chi connectivity index (χ4n) is 2.94. The first kappa shape index (κ1) is 22.8. The van der Waals surface area contributed by atoms with Gasteiger partial charge in [-0.3, -0.25) is 0 Å². The van der Waals surface area contributed by atoms with Crippen LogP contribution in [0, 0.1) is 5.92 Å². The van der Waals surface area contributed by atoms with Gasteiger partial charge in [0.1, 0.15) is 0 Å². The van der Waals surface area contributed by atoms with E-state index in [0.29, 0.717) is 23.0 Å². The zero-order valence-corrected chi connectivity index (χ0v) is 19.2. The number of aliphatic carboxylic acids is 2. The van der Waals surface area contributed by atoms with E-state index in [4.69, 9.17) is 23.2 Å². The van der Waals surface area contributed by atoms with Crippen molar-refractivity contribution in [2.24, 2.45) is 5.92 Å². The summed E-state index contributed by atoms with van der Waals surface area (Å²) in [6, 6.07) is 5.24. The molecule has 0 fully saturated rings. The molecule has 0 spiro atoms. The van der Waals surface area contributed by atoms with Crippen LogP contribution in [0.3, 0.4) is 0 Å². The van der Waals surface area contributed by atoms with E-state index in [2.05, 4.69) is 4.98 Å². The second kappa shape index (κ2) is 10.3. The first-order chi connectivity index (χ1) is 13.2. The molecule has 152 valence electrons. The van der Waals surface area contributed by atoms with Crippen LogP contribution in [0.2, 0.25) is 19.5 Å². The quantitative estimate of drug-likeness (QED) is 0.493. The standard InChI is InChI=1S/C19H23AsCl2N2O4/c1-11(2)3-16(18(25)26)20-17(19(27)28)7-15-8-23-10-24(15)9-12-4-13(21)6-14(22)5-12/h4-6,8,10-11,16-17,20H,3,7,9H2,1-2H3,(H,25,26)(H,27,28). The van der Waals surface area contributed by atoms with E-state index in [0.717, 1.165) is 11.3 Å². The fourth-order valence-corrected chi connectivity index (χ4v) is 7.09. The second-order valence-corrected chi connectivity index (χ2v) is 11.6. The molecule has 28 heavy (non-hydrogen) atoms. The Morgan fingerprint density at radius 1 is 1.11 bits per heavy atom. The average Bonchev–Trinajstić information content (AvgIpc) is 2.98. The SMILES string of the molecule is CC(C)CC([AsH]C(Cc1cncn1Cc1cc(Cl)cc(Cl)c1)C(=O)O)C(=O)O. The van der Waals surface area contributed by atoms with Crippen molar-refractivity contribution >= 4 is 50.9 Å². The number of halogens is 2. The van der Waals surface area contributed by atoms with E-state index in [-0.39, 0.29) is 12.3 Å². The van der Waals surface area contributed by atoms with Gasteiger partial charge in [-0.1, -0.05) is 0 Å². The van der Waals surface area contributed by atoms with Crippen molar-refractivity contribution in [3.05, 3.63) is 52.0 Å². The molecule has 2 aromatic rings. The molecule has 0 saturated heterocycles. The number of hydrogen-bond donors (Lipinski definition) is 2. The van der Waals surface area contributed by atoms with Crippen molar-refractivity contribution in [2.45, 2.75) is 42.6 Å². The Kier molecular flexibility index (Phi) is 8.41. The Hall–Kier alpha value is -1.49. The van der Waals surface area contributed by atoms with E-state index in [1.165, 1.54) is 0 Å². The monoisotopic (exact) mass is 488 g/mol. The first-order valence-corrected chi connectivity index (χ1v) is 12.0. The molecule has 2 N–H and O–H groups in total. The molecule has 0 amide bonds. The molecule has 3 atom stereocenters. The Labute approximate surface area is 180 Å². The summed E-state index contributed by atoms with van der Waals surface area (Å²) in [5, 5.41) is 20.2. The molecule has 0 bridgehead atoms. The Balaban J connectivity index is 2.17. The van der Waals surface area contributed by atoms with Gasteiger partial charge in [-0.15, -0.1) is 0 Å². The van der Waals surface area contributed by atoms with Crippen LogP contribution in [0.1, 0.15) is 31.5 Å². The number of nitrogens with zero attached hydrogens (tertiary/aromatic N) is 2. The maximum absolute atomic E-state index is 11.8. The van der Waals surface area contributed by atoms with Crippen LogP contribution < -0.4 is 0 Å². The van der Waals surface area contributed by atoms with Crippen LogP contribution in [0.25, 0.3) is 0 Å². The molecule has 6 nitrogen and oxygen atoms in total. The average molecular weight is 489 g/mol. The van der Waals surface area contributed by atoms with E-state index in [9.17, 15) is 19.8 Å². The summed E-state index contributed by atoms with van der Waals surface area (Å²) in [5.74, 6) is -1.65. The maximum atomic E-state index is 11.8. The minimum absolute atomic E-state index is 0.206. The first-order valence-electron chi connectivity index (χ1n) is 8.81. The van der Waals surface area contributed by atoms with Crippen LogP contribution in [0.5, 0.6) is 0 Å². The van der Waals surface area contributed by atoms with Gasteiger partial charge >= 0.3 is 181 Å². The molecule has 0 aliphatic carbocycles. The number of rotatable bonds is 10.